The molecule has 2 heterocycles. The second kappa shape index (κ2) is 4.33. The molecule has 0 saturated carbocycles. The van der Waals surface area contributed by atoms with E-state index in [-0.39, 0.29) is 6.23 Å². The number of para-hydroxylation sites is 1. The third-order valence-corrected chi connectivity index (χ3v) is 4.33. The van der Waals surface area contributed by atoms with Crippen molar-refractivity contribution >= 4 is 5.69 Å². The Hall–Kier alpha value is -1.84. The highest BCUT2D eigenvalue weighted by Gasteiger charge is 2.53. The Morgan fingerprint density at radius 2 is 1.85 bits per heavy atom. The molecule has 2 aliphatic heterocycles. The predicted molar refractivity (Wildman–Crippen MR) is 77.3 cm³/mol. The summed E-state index contributed by atoms with van der Waals surface area (Å²) >= 11 is 0. The van der Waals surface area contributed by atoms with Crippen molar-refractivity contribution in [2.24, 2.45) is 0 Å². The number of fused-ring (bicyclic) bond motifs is 3. The Morgan fingerprint density at radius 3 is 2.70 bits per heavy atom. The van der Waals surface area contributed by atoms with Gasteiger partial charge in [0.05, 0.1) is 6.61 Å². The van der Waals surface area contributed by atoms with E-state index in [9.17, 15) is 5.11 Å². The first-order chi connectivity index (χ1) is 9.79. The van der Waals surface area contributed by atoms with Crippen molar-refractivity contribution in [3.05, 3.63) is 65.7 Å². The Labute approximate surface area is 118 Å². The van der Waals surface area contributed by atoms with Crippen LogP contribution < -0.4 is 4.90 Å². The summed E-state index contributed by atoms with van der Waals surface area (Å²) < 4.78 is 5.82. The van der Waals surface area contributed by atoms with E-state index < -0.39 is 5.60 Å². The Morgan fingerprint density at radius 1 is 1.10 bits per heavy atom. The van der Waals surface area contributed by atoms with E-state index in [1.165, 1.54) is 5.56 Å². The molecule has 0 amide bonds. The van der Waals surface area contributed by atoms with E-state index in [4.69, 9.17) is 4.74 Å². The molecule has 1 fully saturated rings. The molecule has 2 aromatic rings. The van der Waals surface area contributed by atoms with E-state index in [1.807, 2.05) is 36.4 Å². The number of hydrogen-bond donors (Lipinski definition) is 1. The fourth-order valence-electron chi connectivity index (χ4n) is 3.37. The maximum atomic E-state index is 11.0. The van der Waals surface area contributed by atoms with Gasteiger partial charge in [0.1, 0.15) is 5.60 Å². The highest BCUT2D eigenvalue weighted by Crippen LogP contribution is 2.49. The van der Waals surface area contributed by atoms with Crippen molar-refractivity contribution in [2.75, 3.05) is 11.5 Å². The van der Waals surface area contributed by atoms with Crippen molar-refractivity contribution in [1.29, 1.82) is 0 Å². The second-order valence-electron chi connectivity index (χ2n) is 5.53. The molecule has 102 valence electrons. The van der Waals surface area contributed by atoms with Crippen LogP contribution in [0.2, 0.25) is 0 Å². The van der Waals surface area contributed by atoms with Gasteiger partial charge in [0.15, 0.2) is 6.23 Å². The first kappa shape index (κ1) is 11.9. The minimum atomic E-state index is -0.856. The van der Waals surface area contributed by atoms with Crippen LogP contribution in [-0.2, 0) is 16.9 Å². The number of ether oxygens (including phenoxy) is 1. The van der Waals surface area contributed by atoms with Gasteiger partial charge in [-0.15, -0.1) is 0 Å². The zero-order valence-corrected chi connectivity index (χ0v) is 11.2. The van der Waals surface area contributed by atoms with Crippen LogP contribution in [0, 0.1) is 0 Å². The lowest BCUT2D eigenvalue weighted by atomic mass is 9.93. The van der Waals surface area contributed by atoms with E-state index in [1.54, 1.807) is 0 Å². The SMILES string of the molecule is OC12CCOC1N(Cc1ccccc1)c1ccccc12. The summed E-state index contributed by atoms with van der Waals surface area (Å²) in [6.45, 7) is 1.37. The molecule has 3 nitrogen and oxygen atoms in total. The Balaban J connectivity index is 1.76. The number of aliphatic hydroxyl groups is 1. The van der Waals surface area contributed by atoms with Gasteiger partial charge in [-0.25, -0.2) is 0 Å². The van der Waals surface area contributed by atoms with Gasteiger partial charge in [0.25, 0.3) is 0 Å². The van der Waals surface area contributed by atoms with Crippen molar-refractivity contribution in [3.8, 4) is 0 Å². The van der Waals surface area contributed by atoms with E-state index in [0.29, 0.717) is 13.0 Å². The van der Waals surface area contributed by atoms with Crippen LogP contribution in [0.4, 0.5) is 5.69 Å². The van der Waals surface area contributed by atoms with Crippen LogP contribution in [0.15, 0.2) is 54.6 Å². The highest BCUT2D eigenvalue weighted by atomic mass is 16.5. The molecule has 4 rings (SSSR count). The molecule has 3 heteroatoms. The molecular formula is C17H17NO2. The van der Waals surface area contributed by atoms with Crippen molar-refractivity contribution in [2.45, 2.75) is 24.8 Å². The summed E-state index contributed by atoms with van der Waals surface area (Å²) in [7, 11) is 0. The fraction of sp³-hybridized carbons (Fsp3) is 0.294. The quantitative estimate of drug-likeness (QED) is 0.908. The summed E-state index contributed by atoms with van der Waals surface area (Å²) in [6, 6.07) is 18.4. The predicted octanol–water partition coefficient (Wildman–Crippen LogP) is 2.64. The van der Waals surface area contributed by atoms with Gasteiger partial charge in [-0.3, -0.25) is 0 Å². The average molecular weight is 267 g/mol. The van der Waals surface area contributed by atoms with Gasteiger partial charge in [0.2, 0.25) is 0 Å². The van der Waals surface area contributed by atoms with Gasteiger partial charge in [-0.2, -0.15) is 0 Å². The standard InChI is InChI=1S/C17H17NO2/c19-17-10-11-20-16(17)18(12-13-6-2-1-3-7-13)15-9-5-4-8-14(15)17/h1-9,16,19H,10-12H2. The first-order valence-electron chi connectivity index (χ1n) is 7.03. The third kappa shape index (κ3) is 1.60. The summed E-state index contributed by atoms with van der Waals surface area (Å²) in [6.07, 6.45) is 0.403. The number of hydrogen-bond acceptors (Lipinski definition) is 3. The zero-order chi connectivity index (χ0) is 13.6. The van der Waals surface area contributed by atoms with Crippen LogP contribution in [-0.4, -0.2) is 17.9 Å². The number of nitrogens with zero attached hydrogens (tertiary/aromatic N) is 1. The molecule has 20 heavy (non-hydrogen) atoms. The molecule has 2 aliphatic rings. The van der Waals surface area contributed by atoms with Gasteiger partial charge >= 0.3 is 0 Å². The molecule has 0 radical (unpaired) electrons. The van der Waals surface area contributed by atoms with Crippen molar-refractivity contribution in [3.63, 3.8) is 0 Å². The van der Waals surface area contributed by atoms with Gasteiger partial charge < -0.3 is 14.7 Å². The molecule has 2 atom stereocenters. The third-order valence-electron chi connectivity index (χ3n) is 4.33. The van der Waals surface area contributed by atoms with Gasteiger partial charge in [-0.05, 0) is 11.6 Å². The molecule has 2 aromatic carbocycles. The lowest BCUT2D eigenvalue weighted by molar-refractivity contribution is -0.0313. The lowest BCUT2D eigenvalue weighted by Crippen LogP contribution is -2.41. The first-order valence-corrected chi connectivity index (χ1v) is 7.03. The summed E-state index contributed by atoms with van der Waals surface area (Å²) in [4.78, 5) is 2.18. The fourth-order valence-corrected chi connectivity index (χ4v) is 3.37. The maximum Gasteiger partial charge on any atom is 0.163 e. The molecular weight excluding hydrogens is 250 g/mol. The van der Waals surface area contributed by atoms with Crippen LogP contribution in [0.25, 0.3) is 0 Å². The van der Waals surface area contributed by atoms with E-state index in [0.717, 1.165) is 17.8 Å². The molecule has 2 unspecified atom stereocenters. The normalized spacial score (nSPS) is 27.4. The largest absolute Gasteiger partial charge is 0.380 e. The minimum absolute atomic E-state index is 0.264. The highest BCUT2D eigenvalue weighted by molar-refractivity contribution is 5.63. The summed E-state index contributed by atoms with van der Waals surface area (Å²) in [5.41, 5.74) is 2.45. The second-order valence-corrected chi connectivity index (χ2v) is 5.53. The Kier molecular flexibility index (Phi) is 2.59. The molecule has 0 bridgehead atoms. The maximum absolute atomic E-state index is 11.0. The van der Waals surface area contributed by atoms with Gasteiger partial charge in [-0.1, -0.05) is 48.5 Å². The zero-order valence-electron chi connectivity index (χ0n) is 11.2. The van der Waals surface area contributed by atoms with Crippen molar-refractivity contribution in [1.82, 2.24) is 0 Å². The van der Waals surface area contributed by atoms with Crippen molar-refractivity contribution < 1.29 is 9.84 Å². The van der Waals surface area contributed by atoms with E-state index in [2.05, 4.69) is 23.1 Å². The molecule has 0 aromatic heterocycles. The molecule has 0 aliphatic carbocycles. The minimum Gasteiger partial charge on any atom is -0.380 e. The van der Waals surface area contributed by atoms with Crippen LogP contribution in [0.5, 0.6) is 0 Å². The lowest BCUT2D eigenvalue weighted by Gasteiger charge is -2.28. The van der Waals surface area contributed by atoms with Crippen LogP contribution >= 0.6 is 0 Å². The monoisotopic (exact) mass is 267 g/mol. The number of anilines is 1. The number of rotatable bonds is 2. The number of benzene rings is 2. The average Bonchev–Trinajstić information content (AvgIpc) is 2.97. The van der Waals surface area contributed by atoms with E-state index >= 15 is 0 Å². The summed E-state index contributed by atoms with van der Waals surface area (Å²) in [5, 5.41) is 11.0. The van der Waals surface area contributed by atoms with Crippen LogP contribution in [0.3, 0.4) is 0 Å². The molecule has 1 saturated heterocycles. The smallest absolute Gasteiger partial charge is 0.163 e. The molecule has 1 N–H and O–H groups in total. The topological polar surface area (TPSA) is 32.7 Å². The molecule has 0 spiro atoms. The Bertz CT molecular complexity index is 628. The van der Waals surface area contributed by atoms with Crippen LogP contribution in [0.1, 0.15) is 17.5 Å². The van der Waals surface area contributed by atoms with Gasteiger partial charge in [0, 0.05) is 24.2 Å². The summed E-state index contributed by atoms with van der Waals surface area (Å²) in [5.74, 6) is 0.